The standard InChI is InChI=1S/C23H16ClFN2O2S/c24-17-9-11-18(12-10-17)26-23-27-22(28)21(30-23)13-15-5-2-4-8-20(15)29-14-16-6-1-3-7-19(16)25/h1-13H,14H2,(H,26,27,28)/b21-13-. The van der Waals surface area contributed by atoms with Gasteiger partial charge in [0.25, 0.3) is 5.91 Å². The summed E-state index contributed by atoms with van der Waals surface area (Å²) >= 11 is 7.13. The number of amidine groups is 1. The summed E-state index contributed by atoms with van der Waals surface area (Å²) in [4.78, 5) is 17.3. The Hall–Kier alpha value is -3.09. The molecule has 30 heavy (non-hydrogen) atoms. The number of aliphatic imine (C=N–C) groups is 1. The molecule has 1 aliphatic heterocycles. The van der Waals surface area contributed by atoms with E-state index in [0.29, 0.717) is 32.1 Å². The summed E-state index contributed by atoms with van der Waals surface area (Å²) in [6, 6.07) is 20.8. The molecule has 3 aromatic rings. The Morgan fingerprint density at radius 3 is 2.57 bits per heavy atom. The summed E-state index contributed by atoms with van der Waals surface area (Å²) in [5, 5.41) is 3.86. The van der Waals surface area contributed by atoms with Gasteiger partial charge >= 0.3 is 0 Å². The highest BCUT2D eigenvalue weighted by atomic mass is 35.5. The fraction of sp³-hybridized carbons (Fsp3) is 0.0435. The van der Waals surface area contributed by atoms with Crippen LogP contribution in [-0.2, 0) is 11.4 Å². The number of para-hydroxylation sites is 1. The molecule has 1 aliphatic rings. The number of benzene rings is 3. The van der Waals surface area contributed by atoms with Crippen molar-refractivity contribution in [2.75, 3.05) is 0 Å². The van der Waals surface area contributed by atoms with Gasteiger partial charge in [-0.3, -0.25) is 4.79 Å². The molecule has 7 heteroatoms. The Bertz CT molecular complexity index is 1150. The number of hydrogen-bond donors (Lipinski definition) is 1. The molecule has 1 N–H and O–H groups in total. The average Bonchev–Trinajstić information content (AvgIpc) is 3.09. The first kappa shape index (κ1) is 20.2. The van der Waals surface area contributed by atoms with Crippen molar-refractivity contribution in [1.82, 2.24) is 5.32 Å². The molecule has 0 atom stereocenters. The molecule has 0 unspecified atom stereocenters. The van der Waals surface area contributed by atoms with Gasteiger partial charge in [-0.25, -0.2) is 9.38 Å². The number of carbonyl (C=O) groups excluding carboxylic acids is 1. The predicted molar refractivity (Wildman–Crippen MR) is 119 cm³/mol. The van der Waals surface area contributed by atoms with Gasteiger partial charge in [0.2, 0.25) is 0 Å². The molecule has 1 amide bonds. The second-order valence-electron chi connectivity index (χ2n) is 6.38. The van der Waals surface area contributed by atoms with Gasteiger partial charge in [-0.15, -0.1) is 0 Å². The smallest absolute Gasteiger partial charge is 0.264 e. The van der Waals surface area contributed by atoms with Crippen molar-refractivity contribution in [1.29, 1.82) is 0 Å². The molecule has 0 radical (unpaired) electrons. The third-order valence-corrected chi connectivity index (χ3v) is 5.42. The van der Waals surface area contributed by atoms with Crippen molar-refractivity contribution in [3.63, 3.8) is 0 Å². The van der Waals surface area contributed by atoms with Crippen LogP contribution in [0.15, 0.2) is 82.7 Å². The van der Waals surface area contributed by atoms with Crippen LogP contribution in [0.5, 0.6) is 5.75 Å². The summed E-state index contributed by atoms with van der Waals surface area (Å²) in [6.45, 7) is 0.0927. The zero-order valence-corrected chi connectivity index (χ0v) is 17.2. The summed E-state index contributed by atoms with van der Waals surface area (Å²) in [5.74, 6) is 0.00322. The quantitative estimate of drug-likeness (QED) is 0.501. The molecule has 0 aromatic heterocycles. The van der Waals surface area contributed by atoms with Crippen LogP contribution in [0.4, 0.5) is 10.1 Å². The third-order valence-electron chi connectivity index (χ3n) is 4.25. The number of hydrogen-bond acceptors (Lipinski definition) is 4. The monoisotopic (exact) mass is 438 g/mol. The number of nitrogens with one attached hydrogen (secondary N) is 1. The number of carbonyl (C=O) groups is 1. The Labute approximate surface area is 182 Å². The minimum absolute atomic E-state index is 0.0927. The normalized spacial score (nSPS) is 16.1. The highest BCUT2D eigenvalue weighted by Crippen LogP contribution is 2.31. The fourth-order valence-electron chi connectivity index (χ4n) is 2.76. The lowest BCUT2D eigenvalue weighted by Gasteiger charge is -2.10. The zero-order chi connectivity index (χ0) is 20.9. The molecule has 0 aliphatic carbocycles. The van der Waals surface area contributed by atoms with Crippen LogP contribution in [0, 0.1) is 5.82 Å². The molecular formula is C23H16ClFN2O2S. The Morgan fingerprint density at radius 1 is 1.03 bits per heavy atom. The van der Waals surface area contributed by atoms with Crippen molar-refractivity contribution in [3.8, 4) is 5.75 Å². The van der Waals surface area contributed by atoms with Crippen LogP contribution < -0.4 is 10.1 Å². The van der Waals surface area contributed by atoms with E-state index >= 15 is 0 Å². The zero-order valence-electron chi connectivity index (χ0n) is 15.6. The predicted octanol–water partition coefficient (Wildman–Crippen LogP) is 5.95. The number of ether oxygens (including phenoxy) is 1. The molecule has 1 heterocycles. The van der Waals surface area contributed by atoms with Gasteiger partial charge in [0.15, 0.2) is 5.17 Å². The van der Waals surface area contributed by atoms with Crippen LogP contribution in [0.1, 0.15) is 11.1 Å². The first-order chi connectivity index (χ1) is 14.6. The first-order valence-electron chi connectivity index (χ1n) is 9.09. The summed E-state index contributed by atoms with van der Waals surface area (Å²) < 4.78 is 19.7. The maximum Gasteiger partial charge on any atom is 0.264 e. The second kappa shape index (κ2) is 9.15. The lowest BCUT2D eigenvalue weighted by molar-refractivity contribution is -0.115. The largest absolute Gasteiger partial charge is 0.488 e. The molecule has 0 saturated carbocycles. The minimum atomic E-state index is -0.317. The Morgan fingerprint density at radius 2 is 1.77 bits per heavy atom. The SMILES string of the molecule is O=C1NC(=Nc2ccc(Cl)cc2)S/C1=C\c1ccccc1OCc1ccccc1F. The highest BCUT2D eigenvalue weighted by molar-refractivity contribution is 8.18. The molecule has 150 valence electrons. The van der Waals surface area contributed by atoms with E-state index in [4.69, 9.17) is 16.3 Å². The van der Waals surface area contributed by atoms with Crippen LogP contribution in [0.2, 0.25) is 5.02 Å². The number of rotatable bonds is 5. The van der Waals surface area contributed by atoms with E-state index < -0.39 is 0 Å². The topological polar surface area (TPSA) is 50.7 Å². The van der Waals surface area contributed by atoms with E-state index in [1.807, 2.05) is 18.2 Å². The summed E-state index contributed by atoms with van der Waals surface area (Å²) in [6.07, 6.45) is 1.74. The number of amides is 1. The second-order valence-corrected chi connectivity index (χ2v) is 7.84. The van der Waals surface area contributed by atoms with E-state index in [-0.39, 0.29) is 18.3 Å². The van der Waals surface area contributed by atoms with Gasteiger partial charge in [-0.1, -0.05) is 48.0 Å². The number of thioether (sulfide) groups is 1. The van der Waals surface area contributed by atoms with Crippen molar-refractivity contribution in [2.24, 2.45) is 4.99 Å². The van der Waals surface area contributed by atoms with Crippen LogP contribution >= 0.6 is 23.4 Å². The van der Waals surface area contributed by atoms with E-state index in [2.05, 4.69) is 10.3 Å². The van der Waals surface area contributed by atoms with Crippen LogP contribution in [0.3, 0.4) is 0 Å². The van der Waals surface area contributed by atoms with Crippen molar-refractivity contribution in [2.45, 2.75) is 6.61 Å². The van der Waals surface area contributed by atoms with Gasteiger partial charge in [0.05, 0.1) is 10.6 Å². The Balaban J connectivity index is 1.52. The minimum Gasteiger partial charge on any atom is -0.488 e. The maximum absolute atomic E-state index is 13.8. The molecule has 1 fully saturated rings. The lowest BCUT2D eigenvalue weighted by Crippen LogP contribution is -2.19. The molecule has 0 spiro atoms. The van der Waals surface area contributed by atoms with Gasteiger partial charge < -0.3 is 10.1 Å². The maximum atomic E-state index is 13.8. The summed E-state index contributed by atoms with van der Waals surface area (Å²) in [7, 11) is 0. The molecule has 4 nitrogen and oxygen atoms in total. The fourth-order valence-corrected chi connectivity index (χ4v) is 3.72. The highest BCUT2D eigenvalue weighted by Gasteiger charge is 2.24. The van der Waals surface area contributed by atoms with Gasteiger partial charge in [0, 0.05) is 16.1 Å². The van der Waals surface area contributed by atoms with E-state index in [1.54, 1.807) is 54.6 Å². The van der Waals surface area contributed by atoms with Crippen LogP contribution in [-0.4, -0.2) is 11.1 Å². The van der Waals surface area contributed by atoms with Crippen molar-refractivity contribution < 1.29 is 13.9 Å². The van der Waals surface area contributed by atoms with Crippen molar-refractivity contribution >= 4 is 46.2 Å². The van der Waals surface area contributed by atoms with Gasteiger partial charge in [0.1, 0.15) is 18.2 Å². The molecule has 4 rings (SSSR count). The van der Waals surface area contributed by atoms with Crippen molar-refractivity contribution in [3.05, 3.63) is 99.7 Å². The van der Waals surface area contributed by atoms with E-state index in [9.17, 15) is 9.18 Å². The van der Waals surface area contributed by atoms with Crippen LogP contribution in [0.25, 0.3) is 6.08 Å². The number of halogens is 2. The molecular weight excluding hydrogens is 423 g/mol. The molecule has 3 aromatic carbocycles. The first-order valence-corrected chi connectivity index (χ1v) is 10.3. The number of nitrogens with zero attached hydrogens (tertiary/aromatic N) is 1. The van der Waals surface area contributed by atoms with Gasteiger partial charge in [-0.2, -0.15) is 0 Å². The Kier molecular flexibility index (Phi) is 6.16. The lowest BCUT2D eigenvalue weighted by atomic mass is 10.1. The van der Waals surface area contributed by atoms with E-state index in [0.717, 1.165) is 5.56 Å². The third kappa shape index (κ3) is 4.90. The summed E-state index contributed by atoms with van der Waals surface area (Å²) in [5.41, 5.74) is 1.88. The molecule has 0 bridgehead atoms. The average molecular weight is 439 g/mol. The van der Waals surface area contributed by atoms with E-state index in [1.165, 1.54) is 17.8 Å². The molecule has 1 saturated heterocycles. The van der Waals surface area contributed by atoms with Gasteiger partial charge in [-0.05, 0) is 54.2 Å².